The SMILES string of the molecule is CCC(O)c1ccc2c(-c3cc(Cl)cc4c3O[C@@H](c3onc5c3CNCC5)C4)ccnc2c1. The summed E-state index contributed by atoms with van der Waals surface area (Å²) in [7, 11) is 0. The standard InChI is InChI=1S/C26H24ClN3O3/c1-2-23(31)14-3-4-18-17(5-8-29-22(18)10-14)19-12-16(27)9-15-11-24(32-25(15)19)26-20-13-28-7-6-21(20)30-33-26/h3-5,8-10,12,23-24,28,31H,2,6-7,11,13H2,1H3/t23?,24-/m1/s1. The van der Waals surface area contributed by atoms with Gasteiger partial charge in [-0.05, 0) is 41.8 Å². The van der Waals surface area contributed by atoms with E-state index in [0.29, 0.717) is 17.9 Å². The van der Waals surface area contributed by atoms with Gasteiger partial charge in [0.05, 0.1) is 17.3 Å². The average Bonchev–Trinajstić information content (AvgIpc) is 3.46. The van der Waals surface area contributed by atoms with Gasteiger partial charge in [-0.15, -0.1) is 0 Å². The summed E-state index contributed by atoms with van der Waals surface area (Å²) in [5, 5.41) is 19.6. The molecule has 0 amide bonds. The average molecular weight is 462 g/mol. The summed E-state index contributed by atoms with van der Waals surface area (Å²) in [6, 6.07) is 11.8. The number of nitrogens with one attached hydrogen (secondary N) is 1. The maximum atomic E-state index is 10.3. The van der Waals surface area contributed by atoms with Gasteiger partial charge >= 0.3 is 0 Å². The predicted octanol–water partition coefficient (Wildman–Crippen LogP) is 5.31. The molecule has 2 aliphatic rings. The van der Waals surface area contributed by atoms with Crippen LogP contribution in [0.2, 0.25) is 5.02 Å². The van der Waals surface area contributed by atoms with Crippen molar-refractivity contribution in [2.24, 2.45) is 0 Å². The lowest BCUT2D eigenvalue weighted by molar-refractivity contribution is 0.174. The van der Waals surface area contributed by atoms with Crippen LogP contribution in [0.25, 0.3) is 22.0 Å². The molecule has 2 aromatic carbocycles. The van der Waals surface area contributed by atoms with Crippen LogP contribution in [0.3, 0.4) is 0 Å². The van der Waals surface area contributed by atoms with Crippen LogP contribution in [0.1, 0.15) is 53.7 Å². The second-order valence-electron chi connectivity index (χ2n) is 8.71. The zero-order valence-corrected chi connectivity index (χ0v) is 19.0. The minimum atomic E-state index is -0.498. The lowest BCUT2D eigenvalue weighted by Gasteiger charge is -2.16. The highest BCUT2D eigenvalue weighted by Gasteiger charge is 2.34. The van der Waals surface area contributed by atoms with Crippen molar-refractivity contribution in [3.63, 3.8) is 0 Å². The van der Waals surface area contributed by atoms with Crippen LogP contribution in [-0.4, -0.2) is 21.8 Å². The Kier molecular flexibility index (Phi) is 5.09. The highest BCUT2D eigenvalue weighted by atomic mass is 35.5. The van der Waals surface area contributed by atoms with Crippen LogP contribution in [-0.2, 0) is 19.4 Å². The second-order valence-corrected chi connectivity index (χ2v) is 9.15. The molecule has 0 aliphatic carbocycles. The Bertz CT molecular complexity index is 1370. The molecule has 0 saturated carbocycles. The molecule has 4 heterocycles. The molecule has 6 nitrogen and oxygen atoms in total. The topological polar surface area (TPSA) is 80.4 Å². The van der Waals surface area contributed by atoms with Gasteiger partial charge in [0.1, 0.15) is 5.75 Å². The van der Waals surface area contributed by atoms with Gasteiger partial charge in [-0.3, -0.25) is 4.98 Å². The maximum absolute atomic E-state index is 10.3. The van der Waals surface area contributed by atoms with Gasteiger partial charge in [-0.25, -0.2) is 0 Å². The van der Waals surface area contributed by atoms with Crippen LogP contribution in [0.4, 0.5) is 0 Å². The molecule has 33 heavy (non-hydrogen) atoms. The summed E-state index contributed by atoms with van der Waals surface area (Å²) in [6.07, 6.45) is 3.27. The van der Waals surface area contributed by atoms with Crippen LogP contribution in [0.5, 0.6) is 5.75 Å². The van der Waals surface area contributed by atoms with Gasteiger partial charge in [0.25, 0.3) is 0 Å². The molecule has 7 heteroatoms. The van der Waals surface area contributed by atoms with Crippen molar-refractivity contribution in [2.45, 2.75) is 44.9 Å². The smallest absolute Gasteiger partial charge is 0.182 e. The molecule has 0 saturated heterocycles. The molecule has 2 atom stereocenters. The van der Waals surface area contributed by atoms with E-state index in [1.165, 1.54) is 0 Å². The van der Waals surface area contributed by atoms with Crippen LogP contribution >= 0.6 is 11.6 Å². The van der Waals surface area contributed by atoms with Crippen molar-refractivity contribution in [1.29, 1.82) is 0 Å². The molecule has 2 aliphatic heterocycles. The Labute approximate surface area is 196 Å². The Hall–Kier alpha value is -2.93. The number of fused-ring (bicyclic) bond motifs is 3. The Morgan fingerprint density at radius 2 is 2.12 bits per heavy atom. The van der Waals surface area contributed by atoms with E-state index >= 15 is 0 Å². The van der Waals surface area contributed by atoms with E-state index in [-0.39, 0.29) is 6.10 Å². The first-order chi connectivity index (χ1) is 16.1. The van der Waals surface area contributed by atoms with Crippen LogP contribution in [0, 0.1) is 0 Å². The number of nitrogens with zero attached hydrogens (tertiary/aromatic N) is 2. The number of aliphatic hydroxyl groups excluding tert-OH is 1. The van der Waals surface area contributed by atoms with Crippen molar-refractivity contribution in [3.05, 3.63) is 75.8 Å². The molecule has 168 valence electrons. The number of benzene rings is 2. The van der Waals surface area contributed by atoms with Gasteiger partial charge in [-0.2, -0.15) is 0 Å². The van der Waals surface area contributed by atoms with E-state index in [9.17, 15) is 5.11 Å². The van der Waals surface area contributed by atoms with Crippen molar-refractivity contribution < 1.29 is 14.4 Å². The number of ether oxygens (including phenoxy) is 1. The van der Waals surface area contributed by atoms with Gasteiger partial charge in [0.15, 0.2) is 11.9 Å². The van der Waals surface area contributed by atoms with Crippen molar-refractivity contribution in [3.8, 4) is 16.9 Å². The molecule has 0 fully saturated rings. The van der Waals surface area contributed by atoms with E-state index < -0.39 is 6.10 Å². The Morgan fingerprint density at radius 1 is 1.21 bits per heavy atom. The highest BCUT2D eigenvalue weighted by Crippen LogP contribution is 2.47. The fourth-order valence-electron chi connectivity index (χ4n) is 4.93. The second kappa shape index (κ2) is 8.13. The fraction of sp³-hybridized carbons (Fsp3) is 0.308. The molecule has 0 radical (unpaired) electrons. The van der Waals surface area contributed by atoms with Crippen LogP contribution in [0.15, 0.2) is 47.1 Å². The number of halogens is 1. The maximum Gasteiger partial charge on any atom is 0.182 e. The number of aromatic nitrogens is 2. The largest absolute Gasteiger partial charge is 0.481 e. The first kappa shape index (κ1) is 20.7. The van der Waals surface area contributed by atoms with Gasteiger partial charge in [0.2, 0.25) is 0 Å². The number of aliphatic hydroxyl groups is 1. The van der Waals surface area contributed by atoms with Crippen molar-refractivity contribution in [1.82, 2.24) is 15.5 Å². The van der Waals surface area contributed by atoms with Gasteiger partial charge < -0.3 is 19.7 Å². The minimum absolute atomic E-state index is 0.229. The summed E-state index contributed by atoms with van der Waals surface area (Å²) >= 11 is 6.55. The summed E-state index contributed by atoms with van der Waals surface area (Å²) < 4.78 is 12.2. The van der Waals surface area contributed by atoms with Crippen molar-refractivity contribution >= 4 is 22.5 Å². The van der Waals surface area contributed by atoms with Gasteiger partial charge in [-0.1, -0.05) is 35.8 Å². The number of rotatable bonds is 4. The Balaban J connectivity index is 1.43. The Morgan fingerprint density at radius 3 is 3.00 bits per heavy atom. The quantitative estimate of drug-likeness (QED) is 0.428. The third-order valence-electron chi connectivity index (χ3n) is 6.66. The van der Waals surface area contributed by atoms with E-state index in [4.69, 9.17) is 20.9 Å². The first-order valence-corrected chi connectivity index (χ1v) is 11.7. The van der Waals surface area contributed by atoms with Gasteiger partial charge in [0, 0.05) is 59.2 Å². The molecule has 0 bridgehead atoms. The number of hydrogen-bond donors (Lipinski definition) is 2. The molecular weight excluding hydrogens is 438 g/mol. The molecule has 2 N–H and O–H groups in total. The summed E-state index contributed by atoms with van der Waals surface area (Å²) in [5.41, 5.74) is 6.82. The highest BCUT2D eigenvalue weighted by molar-refractivity contribution is 6.31. The third kappa shape index (κ3) is 3.50. The van der Waals surface area contributed by atoms with Crippen LogP contribution < -0.4 is 10.1 Å². The van der Waals surface area contributed by atoms with E-state index in [0.717, 1.165) is 75.4 Å². The summed E-state index contributed by atoms with van der Waals surface area (Å²) in [5.74, 6) is 1.62. The molecule has 0 spiro atoms. The minimum Gasteiger partial charge on any atom is -0.481 e. The summed E-state index contributed by atoms with van der Waals surface area (Å²) in [4.78, 5) is 4.55. The molecule has 1 unspecified atom stereocenters. The monoisotopic (exact) mass is 461 g/mol. The lowest BCUT2D eigenvalue weighted by atomic mass is 9.95. The molecular formula is C26H24ClN3O3. The normalized spacial score (nSPS) is 18.1. The zero-order valence-electron chi connectivity index (χ0n) is 18.3. The number of pyridine rings is 1. The molecule has 4 aromatic rings. The third-order valence-corrected chi connectivity index (χ3v) is 6.88. The summed E-state index contributed by atoms with van der Waals surface area (Å²) in [6.45, 7) is 3.62. The molecule has 2 aromatic heterocycles. The predicted molar refractivity (Wildman–Crippen MR) is 126 cm³/mol. The molecule has 6 rings (SSSR count). The lowest BCUT2D eigenvalue weighted by Crippen LogP contribution is -2.24. The fourth-order valence-corrected chi connectivity index (χ4v) is 5.17. The van der Waals surface area contributed by atoms with E-state index in [2.05, 4.69) is 15.5 Å². The van der Waals surface area contributed by atoms with E-state index in [1.807, 2.05) is 43.3 Å². The first-order valence-electron chi connectivity index (χ1n) is 11.4. The number of hydrogen-bond acceptors (Lipinski definition) is 6. The van der Waals surface area contributed by atoms with E-state index in [1.54, 1.807) is 6.20 Å². The zero-order chi connectivity index (χ0) is 22.5. The van der Waals surface area contributed by atoms with Crippen molar-refractivity contribution in [2.75, 3.05) is 6.54 Å².